The predicted molar refractivity (Wildman–Crippen MR) is 10.6 cm³/mol. The van der Waals surface area contributed by atoms with Crippen molar-refractivity contribution in [1.82, 2.24) is 0 Å². The normalized spacial score (nSPS) is 0.750. The monoisotopic (exact) mass is 184 g/mol. The Balaban J connectivity index is -0.00000000500. The third kappa shape index (κ3) is 9.06. The summed E-state index contributed by atoms with van der Waals surface area (Å²) in [6.07, 6.45) is 0. The largest absolute Gasteiger partial charge is 0 e. The molecule has 0 aromatic heterocycles. The quantitative estimate of drug-likeness (QED) is 0.428. The molecule has 0 aromatic rings. The van der Waals surface area contributed by atoms with E-state index in [1.165, 1.54) is 0 Å². The molecule has 0 unspecified atom stereocenters. The molecule has 0 heterocycles. The third-order valence-electron chi connectivity index (χ3n) is 0. The minimum absolute atomic E-state index is 0. The van der Waals surface area contributed by atoms with Gasteiger partial charge in [0.2, 0.25) is 0 Å². The molecule has 0 aliphatic carbocycles. The molecule has 20 valence electrons. The summed E-state index contributed by atoms with van der Waals surface area (Å²) in [4.78, 5) is 0. The summed E-state index contributed by atoms with van der Waals surface area (Å²) in [5.74, 6) is 0. The molecule has 4 heavy (non-hydrogen) atoms. The maximum absolute atomic E-state index is 8.34. The van der Waals surface area contributed by atoms with E-state index in [1.54, 1.807) is 0 Å². The third-order valence-corrected chi connectivity index (χ3v) is 0. The average Bonchev–Trinajstić information content (AvgIpc) is 1.00. The van der Waals surface area contributed by atoms with Gasteiger partial charge in [-0.1, -0.05) is 0 Å². The number of hydrogen-bond donors (Lipinski definition) is 0. The summed E-state index contributed by atoms with van der Waals surface area (Å²) in [5, 5.41) is 0. The van der Waals surface area contributed by atoms with E-state index in [-0.39, 0.29) is 39.1 Å². The van der Waals surface area contributed by atoms with Crippen LogP contribution in [-0.4, -0.2) is 17.4 Å². The van der Waals surface area contributed by atoms with Gasteiger partial charge in [0.05, 0.1) is 0 Å². The Morgan fingerprint density at radius 3 is 1.25 bits per heavy atom. The van der Waals surface area contributed by atoms with Gasteiger partial charge in [-0.25, -0.2) is 0 Å². The summed E-state index contributed by atoms with van der Waals surface area (Å²) >= 11 is 0.300. The van der Waals surface area contributed by atoms with Crippen molar-refractivity contribution in [3.63, 3.8) is 0 Å². The second kappa shape index (κ2) is 20.4. The van der Waals surface area contributed by atoms with Crippen LogP contribution in [0.3, 0.4) is 0 Å². The molecule has 1 nitrogen and oxygen atoms in total. The van der Waals surface area contributed by atoms with E-state index in [0.717, 1.165) is 0 Å². The van der Waals surface area contributed by atoms with Crippen LogP contribution in [0.5, 0.6) is 0 Å². The van der Waals surface area contributed by atoms with E-state index < -0.39 is 0 Å². The summed E-state index contributed by atoms with van der Waals surface area (Å²) < 4.78 is 8.34. The first-order chi connectivity index (χ1) is 1.00. The molecule has 0 spiro atoms. The molecule has 0 saturated heterocycles. The first-order valence-corrected chi connectivity index (χ1v) is 1.21. The molecule has 0 aliphatic heterocycles. The molecule has 4 heteroatoms. The van der Waals surface area contributed by atoms with Gasteiger partial charge in [0.1, 0.15) is 0 Å². The van der Waals surface area contributed by atoms with Crippen molar-refractivity contribution in [1.29, 1.82) is 0 Å². The molecule has 0 aromatic carbocycles. The van der Waals surface area contributed by atoms with Crippen molar-refractivity contribution in [2.45, 2.75) is 0 Å². The van der Waals surface area contributed by atoms with Crippen molar-refractivity contribution in [3.05, 3.63) is 0 Å². The van der Waals surface area contributed by atoms with E-state index >= 15 is 0 Å². The molecule has 0 rings (SSSR count). The summed E-state index contributed by atoms with van der Waals surface area (Å²) in [7, 11) is 0. The smallest absolute Gasteiger partial charge is 0 e. The van der Waals surface area contributed by atoms with Crippen LogP contribution in [0.4, 0.5) is 0 Å². The van der Waals surface area contributed by atoms with Crippen LogP contribution in [0.1, 0.15) is 0 Å². The van der Waals surface area contributed by atoms with Crippen molar-refractivity contribution in [2.75, 3.05) is 0 Å². The molecule has 0 aliphatic rings. The van der Waals surface area contributed by atoms with Gasteiger partial charge in [-0.2, -0.15) is 0 Å². The Kier molecular flexibility index (Phi) is 85.8. The van der Waals surface area contributed by atoms with Crippen LogP contribution >= 0.6 is 0 Å². The fourth-order valence-electron chi connectivity index (χ4n) is 0. The number of hydrogen-bond acceptors (Lipinski definition) is 1. The predicted octanol–water partition coefficient (Wildman–Crippen LogP) is -1.31. The molecule has 0 N–H and O–H groups in total. The molecule has 0 bridgehead atoms. The van der Waals surface area contributed by atoms with Gasteiger partial charge in [-0.15, -0.1) is 0 Å². The zero-order valence-electron chi connectivity index (χ0n) is 1.41. The molecule has 0 atom stereocenters. The maximum atomic E-state index is 8.34. The minimum atomic E-state index is 0. The van der Waals surface area contributed by atoms with Gasteiger partial charge in [-0.05, 0) is 0 Å². The van der Waals surface area contributed by atoms with Crippen LogP contribution in [-0.2, 0) is 49.3 Å². The summed E-state index contributed by atoms with van der Waals surface area (Å²) in [6.45, 7) is 0. The maximum Gasteiger partial charge on any atom is 0 e. The number of rotatable bonds is 0. The SMILES string of the molecule is [AlH3].[O]=[Zr].[Ti]. The van der Waals surface area contributed by atoms with Gasteiger partial charge >= 0.3 is 27.5 Å². The molecular weight excluding hydrogens is 182 g/mol. The first kappa shape index (κ1) is 16.8. The van der Waals surface area contributed by atoms with Crippen LogP contribution in [0.15, 0.2) is 0 Å². The molecule has 0 saturated carbocycles. The minimum Gasteiger partial charge on any atom is 0 e. The van der Waals surface area contributed by atoms with Crippen molar-refractivity contribution >= 4 is 17.4 Å². The van der Waals surface area contributed by atoms with E-state index in [0.29, 0.717) is 24.7 Å². The zero-order chi connectivity index (χ0) is 2.00. The van der Waals surface area contributed by atoms with E-state index in [1.807, 2.05) is 0 Å². The standard InChI is InChI=1S/Al.O.Ti.Zr.3H. The van der Waals surface area contributed by atoms with E-state index in [4.69, 9.17) is 2.81 Å². The summed E-state index contributed by atoms with van der Waals surface area (Å²) in [6, 6.07) is 0. The topological polar surface area (TPSA) is 17.1 Å². The summed E-state index contributed by atoms with van der Waals surface area (Å²) in [5.41, 5.74) is 0. The first-order valence-electron chi connectivity index (χ1n) is 0.204. The Morgan fingerprint density at radius 1 is 1.25 bits per heavy atom. The zero-order valence-corrected chi connectivity index (χ0v) is 5.43. The Hall–Kier alpha value is 1.93. The van der Waals surface area contributed by atoms with Gasteiger partial charge in [0, 0.05) is 21.7 Å². The Labute approximate surface area is 65.8 Å². The average molecular weight is 185 g/mol. The van der Waals surface area contributed by atoms with Crippen LogP contribution in [0.25, 0.3) is 0 Å². The second-order valence-electron chi connectivity index (χ2n) is 0. The van der Waals surface area contributed by atoms with Crippen molar-refractivity contribution in [3.8, 4) is 0 Å². The Bertz CT molecular complexity index is 8.00. The van der Waals surface area contributed by atoms with Gasteiger partial charge < -0.3 is 0 Å². The molecule has 0 fully saturated rings. The fraction of sp³-hybridized carbons (Fsp3) is 0. The van der Waals surface area contributed by atoms with Crippen LogP contribution < -0.4 is 0 Å². The van der Waals surface area contributed by atoms with E-state index in [9.17, 15) is 0 Å². The van der Waals surface area contributed by atoms with Crippen molar-refractivity contribution < 1.29 is 49.3 Å². The van der Waals surface area contributed by atoms with Crippen LogP contribution in [0.2, 0.25) is 0 Å². The fourth-order valence-corrected chi connectivity index (χ4v) is 0. The van der Waals surface area contributed by atoms with Gasteiger partial charge in [-0.3, -0.25) is 0 Å². The van der Waals surface area contributed by atoms with Crippen LogP contribution in [0, 0.1) is 0 Å². The molecular formula is H3AlOTiZr. The molecule has 0 amide bonds. The van der Waals surface area contributed by atoms with Crippen molar-refractivity contribution in [2.24, 2.45) is 0 Å². The van der Waals surface area contributed by atoms with Gasteiger partial charge in [0.15, 0.2) is 17.4 Å². The van der Waals surface area contributed by atoms with E-state index in [2.05, 4.69) is 0 Å². The van der Waals surface area contributed by atoms with Gasteiger partial charge in [0.25, 0.3) is 0 Å². The Morgan fingerprint density at radius 2 is 1.25 bits per heavy atom. The molecule has 0 radical (unpaired) electrons. The second-order valence-corrected chi connectivity index (χ2v) is 0.